The van der Waals surface area contributed by atoms with E-state index in [0.29, 0.717) is 0 Å². The normalized spacial score (nSPS) is 18.2. The number of hydrogen-bond donors (Lipinski definition) is 2. The standard InChI is InChI=1S/C13H21N3O/c1-3-12(17)11-8-10(2)13(15-9-11)16-6-4-14-5-7-16/h8-9,12,14,17H,3-7H2,1-2H3/t12-/m1/s1. The van der Waals surface area contributed by atoms with Crippen LogP contribution in [0.25, 0.3) is 0 Å². The van der Waals surface area contributed by atoms with Crippen LogP contribution in [0.2, 0.25) is 0 Å². The first-order chi connectivity index (χ1) is 8.22. The summed E-state index contributed by atoms with van der Waals surface area (Å²) < 4.78 is 0. The molecule has 0 radical (unpaired) electrons. The fourth-order valence-corrected chi connectivity index (χ4v) is 2.21. The van der Waals surface area contributed by atoms with Crippen LogP contribution in [0.4, 0.5) is 5.82 Å². The maximum atomic E-state index is 9.79. The van der Waals surface area contributed by atoms with E-state index < -0.39 is 6.10 Å². The van der Waals surface area contributed by atoms with Crippen LogP contribution in [0.3, 0.4) is 0 Å². The fraction of sp³-hybridized carbons (Fsp3) is 0.615. The van der Waals surface area contributed by atoms with Crippen molar-refractivity contribution in [3.63, 3.8) is 0 Å². The molecule has 1 saturated heterocycles. The highest BCUT2D eigenvalue weighted by Crippen LogP contribution is 2.22. The summed E-state index contributed by atoms with van der Waals surface area (Å²) in [6.07, 6.45) is 2.14. The summed E-state index contributed by atoms with van der Waals surface area (Å²) in [7, 11) is 0. The molecule has 1 aromatic rings. The number of aliphatic hydroxyl groups is 1. The van der Waals surface area contributed by atoms with Crippen LogP contribution in [-0.2, 0) is 0 Å². The lowest BCUT2D eigenvalue weighted by molar-refractivity contribution is 0.173. The van der Waals surface area contributed by atoms with Crippen molar-refractivity contribution in [2.75, 3.05) is 31.1 Å². The Hall–Kier alpha value is -1.13. The molecule has 1 aliphatic rings. The van der Waals surface area contributed by atoms with E-state index in [1.54, 1.807) is 6.20 Å². The largest absolute Gasteiger partial charge is 0.388 e. The molecule has 2 N–H and O–H groups in total. The Morgan fingerprint density at radius 3 is 2.76 bits per heavy atom. The van der Waals surface area contributed by atoms with Gasteiger partial charge in [-0.2, -0.15) is 0 Å². The lowest BCUT2D eigenvalue weighted by Crippen LogP contribution is -2.44. The molecule has 4 nitrogen and oxygen atoms in total. The maximum absolute atomic E-state index is 9.79. The Morgan fingerprint density at radius 2 is 2.18 bits per heavy atom. The summed E-state index contributed by atoms with van der Waals surface area (Å²) in [6, 6.07) is 2.05. The van der Waals surface area contributed by atoms with Gasteiger partial charge in [0, 0.05) is 32.4 Å². The zero-order valence-corrected chi connectivity index (χ0v) is 10.6. The molecular weight excluding hydrogens is 214 g/mol. The van der Waals surface area contributed by atoms with Gasteiger partial charge in [-0.25, -0.2) is 4.98 Å². The molecule has 0 bridgehead atoms. The SMILES string of the molecule is CC[C@@H](O)c1cnc(N2CCNCC2)c(C)c1. The highest BCUT2D eigenvalue weighted by Gasteiger charge is 2.15. The van der Waals surface area contributed by atoms with Crippen LogP contribution in [0.5, 0.6) is 0 Å². The summed E-state index contributed by atoms with van der Waals surface area (Å²) >= 11 is 0. The average Bonchev–Trinajstić information content (AvgIpc) is 2.38. The van der Waals surface area contributed by atoms with Gasteiger partial charge >= 0.3 is 0 Å². The minimum Gasteiger partial charge on any atom is -0.388 e. The van der Waals surface area contributed by atoms with Gasteiger partial charge in [-0.15, -0.1) is 0 Å². The van der Waals surface area contributed by atoms with E-state index in [2.05, 4.69) is 28.2 Å². The van der Waals surface area contributed by atoms with Crippen LogP contribution in [0.15, 0.2) is 12.3 Å². The molecular formula is C13H21N3O. The van der Waals surface area contributed by atoms with E-state index in [9.17, 15) is 5.11 Å². The minimum absolute atomic E-state index is 0.390. The van der Waals surface area contributed by atoms with Crippen molar-refractivity contribution in [1.82, 2.24) is 10.3 Å². The van der Waals surface area contributed by atoms with Gasteiger partial charge < -0.3 is 15.3 Å². The molecule has 0 unspecified atom stereocenters. The number of aliphatic hydroxyl groups excluding tert-OH is 1. The summed E-state index contributed by atoms with van der Waals surface area (Å²) in [6.45, 7) is 8.08. The van der Waals surface area contributed by atoms with Gasteiger partial charge in [0.05, 0.1) is 6.10 Å². The van der Waals surface area contributed by atoms with E-state index in [1.165, 1.54) is 0 Å². The smallest absolute Gasteiger partial charge is 0.131 e. The number of anilines is 1. The molecule has 94 valence electrons. The molecule has 0 saturated carbocycles. The number of nitrogens with zero attached hydrogens (tertiary/aromatic N) is 2. The van der Waals surface area contributed by atoms with Crippen LogP contribution in [-0.4, -0.2) is 36.3 Å². The van der Waals surface area contributed by atoms with Crippen molar-refractivity contribution in [1.29, 1.82) is 0 Å². The Bertz CT molecular complexity index is 375. The van der Waals surface area contributed by atoms with Crippen molar-refractivity contribution in [2.45, 2.75) is 26.4 Å². The molecule has 2 rings (SSSR count). The molecule has 4 heteroatoms. The third-order valence-corrected chi connectivity index (χ3v) is 3.26. The lowest BCUT2D eigenvalue weighted by atomic mass is 10.1. The first-order valence-electron chi connectivity index (χ1n) is 6.32. The van der Waals surface area contributed by atoms with Gasteiger partial charge in [-0.1, -0.05) is 6.92 Å². The maximum Gasteiger partial charge on any atom is 0.131 e. The van der Waals surface area contributed by atoms with E-state index in [1.807, 2.05) is 6.92 Å². The molecule has 0 amide bonds. The summed E-state index contributed by atoms with van der Waals surface area (Å²) in [5.41, 5.74) is 2.07. The second-order valence-corrected chi connectivity index (χ2v) is 4.57. The second-order valence-electron chi connectivity index (χ2n) is 4.57. The van der Waals surface area contributed by atoms with Gasteiger partial charge in [0.2, 0.25) is 0 Å². The molecule has 1 aliphatic heterocycles. The zero-order chi connectivity index (χ0) is 12.3. The van der Waals surface area contributed by atoms with Crippen LogP contribution in [0.1, 0.15) is 30.6 Å². The Labute approximate surface area is 103 Å². The van der Waals surface area contributed by atoms with Gasteiger partial charge in [0.15, 0.2) is 0 Å². The topological polar surface area (TPSA) is 48.4 Å². The van der Waals surface area contributed by atoms with Gasteiger partial charge in [-0.3, -0.25) is 0 Å². The number of aryl methyl sites for hydroxylation is 1. The first kappa shape index (κ1) is 12.3. The van der Waals surface area contributed by atoms with Gasteiger partial charge in [0.1, 0.15) is 5.82 Å². The highest BCUT2D eigenvalue weighted by molar-refractivity contribution is 5.48. The quantitative estimate of drug-likeness (QED) is 0.827. The molecule has 0 aromatic carbocycles. The first-order valence-corrected chi connectivity index (χ1v) is 6.32. The molecule has 17 heavy (non-hydrogen) atoms. The fourth-order valence-electron chi connectivity index (χ4n) is 2.21. The van der Waals surface area contributed by atoms with Crippen molar-refractivity contribution in [3.8, 4) is 0 Å². The van der Waals surface area contributed by atoms with Crippen molar-refractivity contribution < 1.29 is 5.11 Å². The molecule has 1 atom stereocenters. The highest BCUT2D eigenvalue weighted by atomic mass is 16.3. The number of hydrogen-bond acceptors (Lipinski definition) is 4. The molecule has 0 spiro atoms. The predicted octanol–water partition coefficient (Wildman–Crippen LogP) is 1.24. The molecule has 1 aromatic heterocycles. The van der Waals surface area contributed by atoms with Crippen LogP contribution >= 0.6 is 0 Å². The van der Waals surface area contributed by atoms with E-state index in [-0.39, 0.29) is 0 Å². The molecule has 1 fully saturated rings. The Balaban J connectivity index is 2.18. The van der Waals surface area contributed by atoms with Crippen molar-refractivity contribution in [3.05, 3.63) is 23.4 Å². The zero-order valence-electron chi connectivity index (χ0n) is 10.6. The summed E-state index contributed by atoms with van der Waals surface area (Å²) in [5.74, 6) is 1.05. The van der Waals surface area contributed by atoms with Crippen molar-refractivity contribution >= 4 is 5.82 Å². The Morgan fingerprint density at radius 1 is 1.47 bits per heavy atom. The van der Waals surface area contributed by atoms with Gasteiger partial charge in [-0.05, 0) is 30.5 Å². The Kier molecular flexibility index (Phi) is 3.97. The number of pyridine rings is 1. The molecule has 0 aliphatic carbocycles. The average molecular weight is 235 g/mol. The van der Waals surface area contributed by atoms with Crippen molar-refractivity contribution in [2.24, 2.45) is 0 Å². The summed E-state index contributed by atoms with van der Waals surface area (Å²) in [5, 5.41) is 13.1. The lowest BCUT2D eigenvalue weighted by Gasteiger charge is -2.29. The monoisotopic (exact) mass is 235 g/mol. The van der Waals surface area contributed by atoms with Crippen LogP contribution < -0.4 is 10.2 Å². The van der Waals surface area contributed by atoms with E-state index in [4.69, 9.17) is 0 Å². The number of nitrogens with one attached hydrogen (secondary N) is 1. The molecule has 2 heterocycles. The second kappa shape index (κ2) is 5.47. The van der Waals surface area contributed by atoms with E-state index >= 15 is 0 Å². The number of aromatic nitrogens is 1. The third-order valence-electron chi connectivity index (χ3n) is 3.26. The number of rotatable bonds is 3. The van der Waals surface area contributed by atoms with E-state index in [0.717, 1.165) is 49.5 Å². The number of piperazine rings is 1. The summed E-state index contributed by atoms with van der Waals surface area (Å²) in [4.78, 5) is 6.81. The van der Waals surface area contributed by atoms with Crippen LogP contribution in [0, 0.1) is 6.92 Å². The third kappa shape index (κ3) is 2.76. The van der Waals surface area contributed by atoms with Gasteiger partial charge in [0.25, 0.3) is 0 Å². The minimum atomic E-state index is -0.390. The predicted molar refractivity (Wildman–Crippen MR) is 69.3 cm³/mol.